The number of likely N-dealkylation sites (tertiary alicyclic amines) is 1. The topological polar surface area (TPSA) is 126 Å². The molecule has 0 unspecified atom stereocenters. The van der Waals surface area contributed by atoms with E-state index in [9.17, 15) is 41.0 Å². The summed E-state index contributed by atoms with van der Waals surface area (Å²) in [4.78, 5) is 29.8. The number of benzene rings is 1. The highest BCUT2D eigenvalue weighted by atomic mass is 19.4. The number of nitrogens with two attached hydrogens (primary N) is 1. The standard InChI is InChI=1S/C23H22F6N6O3/c1-22(2,38)21(37)34-7-15(26)16(8-34)33-20(36)11-3-10(4-14(25)12(11)6-24)17-5-13(23(27,28)29)18-19(30)31-9-32-35(17)18/h3-5,9,15-16,38H,6-8H2,1-2H3,(H,33,36)(H2,30,31,32)/t15-,16+/m0/s1. The summed E-state index contributed by atoms with van der Waals surface area (Å²) >= 11 is 0. The van der Waals surface area contributed by atoms with Gasteiger partial charge in [0.25, 0.3) is 11.8 Å². The Labute approximate surface area is 211 Å². The average molecular weight is 544 g/mol. The molecule has 1 fully saturated rings. The molecule has 0 spiro atoms. The van der Waals surface area contributed by atoms with Crippen molar-refractivity contribution in [3.63, 3.8) is 0 Å². The predicted molar refractivity (Wildman–Crippen MR) is 122 cm³/mol. The number of aliphatic hydroxyl groups is 1. The van der Waals surface area contributed by atoms with Crippen molar-refractivity contribution in [1.82, 2.24) is 24.8 Å². The smallest absolute Gasteiger partial charge is 0.382 e. The van der Waals surface area contributed by atoms with Crippen LogP contribution in [0.1, 0.15) is 35.3 Å². The molecule has 204 valence electrons. The molecule has 1 aromatic carbocycles. The molecule has 0 saturated carbocycles. The maximum Gasteiger partial charge on any atom is 0.418 e. The van der Waals surface area contributed by atoms with Crippen molar-refractivity contribution in [2.75, 3.05) is 18.8 Å². The van der Waals surface area contributed by atoms with E-state index in [1.165, 1.54) is 13.8 Å². The number of aromatic nitrogens is 3. The minimum absolute atomic E-state index is 0.268. The molecule has 4 rings (SSSR count). The number of fused-ring (bicyclic) bond motifs is 1. The van der Waals surface area contributed by atoms with Gasteiger partial charge in [0.2, 0.25) is 0 Å². The highest BCUT2D eigenvalue weighted by Gasteiger charge is 2.41. The Morgan fingerprint density at radius 1 is 1.21 bits per heavy atom. The van der Waals surface area contributed by atoms with Crippen LogP contribution in [0.2, 0.25) is 0 Å². The number of halogens is 6. The largest absolute Gasteiger partial charge is 0.418 e. The molecule has 1 aliphatic rings. The van der Waals surface area contributed by atoms with Gasteiger partial charge < -0.3 is 21.1 Å². The van der Waals surface area contributed by atoms with Crippen molar-refractivity contribution in [2.45, 2.75) is 44.5 Å². The number of nitrogens with zero attached hydrogens (tertiary/aromatic N) is 4. The molecule has 9 nitrogen and oxygen atoms in total. The first-order chi connectivity index (χ1) is 17.6. The highest BCUT2D eigenvalue weighted by molar-refractivity contribution is 5.97. The Kier molecular flexibility index (Phi) is 6.76. The first-order valence-corrected chi connectivity index (χ1v) is 11.2. The Morgan fingerprint density at radius 3 is 2.50 bits per heavy atom. The molecular formula is C23H22F6N6O3. The lowest BCUT2D eigenvalue weighted by Crippen LogP contribution is -2.46. The molecule has 38 heavy (non-hydrogen) atoms. The molecule has 2 aromatic heterocycles. The van der Waals surface area contributed by atoms with Crippen LogP contribution in [0.15, 0.2) is 24.5 Å². The lowest BCUT2D eigenvalue weighted by Gasteiger charge is -2.24. The molecule has 0 aliphatic carbocycles. The van der Waals surface area contributed by atoms with Gasteiger partial charge in [-0.3, -0.25) is 9.59 Å². The number of hydrogen-bond donors (Lipinski definition) is 3. The van der Waals surface area contributed by atoms with E-state index in [2.05, 4.69) is 15.4 Å². The second kappa shape index (κ2) is 9.45. The van der Waals surface area contributed by atoms with Crippen molar-refractivity contribution in [1.29, 1.82) is 0 Å². The first-order valence-electron chi connectivity index (χ1n) is 11.2. The summed E-state index contributed by atoms with van der Waals surface area (Å²) in [7, 11) is 0. The van der Waals surface area contributed by atoms with Gasteiger partial charge in [-0.05, 0) is 32.0 Å². The predicted octanol–water partition coefficient (Wildman–Crippen LogP) is 2.66. The van der Waals surface area contributed by atoms with Crippen molar-refractivity contribution in [3.8, 4) is 11.3 Å². The number of nitrogen functional groups attached to an aromatic ring is 1. The van der Waals surface area contributed by atoms with Crippen LogP contribution in [0.5, 0.6) is 0 Å². The van der Waals surface area contributed by atoms with Gasteiger partial charge in [-0.2, -0.15) is 18.3 Å². The number of carbonyl (C=O) groups is 2. The Hall–Kier alpha value is -3.88. The number of rotatable bonds is 5. The Balaban J connectivity index is 1.73. The lowest BCUT2D eigenvalue weighted by molar-refractivity contribution is -0.146. The number of nitrogens with one attached hydrogen (secondary N) is 1. The Bertz CT molecular complexity index is 1420. The fourth-order valence-corrected chi connectivity index (χ4v) is 4.31. The summed E-state index contributed by atoms with van der Waals surface area (Å²) in [5.74, 6) is -3.63. The van der Waals surface area contributed by atoms with E-state index in [-0.39, 0.29) is 17.8 Å². The van der Waals surface area contributed by atoms with E-state index in [0.717, 1.165) is 27.9 Å². The average Bonchev–Trinajstić information content (AvgIpc) is 3.39. The molecule has 15 heteroatoms. The van der Waals surface area contributed by atoms with Crippen LogP contribution < -0.4 is 11.1 Å². The van der Waals surface area contributed by atoms with Crippen molar-refractivity contribution in [3.05, 3.63) is 47.0 Å². The number of amides is 2. The third-order valence-electron chi connectivity index (χ3n) is 6.13. The van der Waals surface area contributed by atoms with Crippen molar-refractivity contribution in [2.24, 2.45) is 0 Å². The summed E-state index contributed by atoms with van der Waals surface area (Å²) in [5.41, 5.74) is 0.148. The second-order valence-electron chi connectivity index (χ2n) is 9.33. The van der Waals surface area contributed by atoms with Gasteiger partial charge in [0.15, 0.2) is 5.82 Å². The van der Waals surface area contributed by atoms with Crippen LogP contribution in [0.25, 0.3) is 16.8 Å². The van der Waals surface area contributed by atoms with E-state index >= 15 is 0 Å². The van der Waals surface area contributed by atoms with Crippen LogP contribution in [0.4, 0.5) is 32.2 Å². The van der Waals surface area contributed by atoms with Gasteiger partial charge in [-0.1, -0.05) is 0 Å². The molecule has 0 radical (unpaired) electrons. The molecule has 0 bridgehead atoms. The molecule has 2 amide bonds. The molecule has 1 saturated heterocycles. The highest BCUT2D eigenvalue weighted by Crippen LogP contribution is 2.39. The molecule has 1 aliphatic heterocycles. The number of anilines is 1. The van der Waals surface area contributed by atoms with E-state index < -0.39 is 82.9 Å². The fourth-order valence-electron chi connectivity index (χ4n) is 4.31. The van der Waals surface area contributed by atoms with Gasteiger partial charge in [0.1, 0.15) is 36.1 Å². The summed E-state index contributed by atoms with van der Waals surface area (Å²) < 4.78 is 85.0. The molecule has 4 N–H and O–H groups in total. The third kappa shape index (κ3) is 4.85. The fraction of sp³-hybridized carbons (Fsp3) is 0.391. The van der Waals surface area contributed by atoms with Gasteiger partial charge in [-0.15, -0.1) is 0 Å². The Morgan fingerprint density at radius 2 is 1.89 bits per heavy atom. The summed E-state index contributed by atoms with van der Waals surface area (Å²) in [6, 6.07) is 1.06. The maximum absolute atomic E-state index is 14.9. The van der Waals surface area contributed by atoms with Crippen LogP contribution in [-0.2, 0) is 17.6 Å². The first kappa shape index (κ1) is 27.2. The van der Waals surface area contributed by atoms with Crippen LogP contribution in [0, 0.1) is 5.82 Å². The van der Waals surface area contributed by atoms with Crippen LogP contribution in [0.3, 0.4) is 0 Å². The number of alkyl halides is 5. The van der Waals surface area contributed by atoms with E-state index in [0.29, 0.717) is 6.07 Å². The molecule has 3 aromatic rings. The van der Waals surface area contributed by atoms with Gasteiger partial charge in [-0.25, -0.2) is 22.7 Å². The number of hydrogen-bond acceptors (Lipinski definition) is 6. The zero-order valence-corrected chi connectivity index (χ0v) is 20.0. The SMILES string of the molecule is CC(C)(O)C(=O)N1C[C@H](F)[C@H](NC(=O)c2cc(-c3cc(C(F)(F)F)c4c(N)ncnn34)cc(F)c2CF)C1. The lowest BCUT2D eigenvalue weighted by atomic mass is 10.0. The van der Waals surface area contributed by atoms with E-state index in [1.807, 2.05) is 0 Å². The minimum atomic E-state index is -4.88. The van der Waals surface area contributed by atoms with E-state index in [4.69, 9.17) is 5.73 Å². The molecule has 3 heterocycles. The van der Waals surface area contributed by atoms with Crippen molar-refractivity contribution < 1.29 is 41.0 Å². The number of carbonyl (C=O) groups excluding carboxylic acids is 2. The zero-order chi connectivity index (χ0) is 28.2. The quantitative estimate of drug-likeness (QED) is 0.424. The summed E-state index contributed by atoms with van der Waals surface area (Å²) in [6.45, 7) is 0.224. The summed E-state index contributed by atoms with van der Waals surface area (Å²) in [5, 5.41) is 15.9. The third-order valence-corrected chi connectivity index (χ3v) is 6.13. The minimum Gasteiger partial charge on any atom is -0.382 e. The zero-order valence-electron chi connectivity index (χ0n) is 20.0. The molecule has 2 atom stereocenters. The van der Waals surface area contributed by atoms with Gasteiger partial charge in [0, 0.05) is 23.2 Å². The summed E-state index contributed by atoms with van der Waals surface area (Å²) in [6.07, 6.45) is -5.75. The van der Waals surface area contributed by atoms with Crippen LogP contribution >= 0.6 is 0 Å². The van der Waals surface area contributed by atoms with Gasteiger partial charge >= 0.3 is 6.18 Å². The van der Waals surface area contributed by atoms with Gasteiger partial charge in [0.05, 0.1) is 23.8 Å². The van der Waals surface area contributed by atoms with Crippen LogP contribution in [-0.4, -0.2) is 67.3 Å². The maximum atomic E-state index is 14.9. The normalized spacial score (nSPS) is 18.3. The van der Waals surface area contributed by atoms with Crippen molar-refractivity contribution >= 4 is 23.1 Å². The molecular weight excluding hydrogens is 522 g/mol. The second-order valence-corrected chi connectivity index (χ2v) is 9.33. The van der Waals surface area contributed by atoms with E-state index in [1.54, 1.807) is 0 Å². The monoisotopic (exact) mass is 544 g/mol.